The molecule has 0 amide bonds. The number of allylic oxidation sites excluding steroid dienone is 1. The molecule has 1 aliphatic heterocycles. The van der Waals surface area contributed by atoms with Gasteiger partial charge in [-0.3, -0.25) is 29.6 Å². The summed E-state index contributed by atoms with van der Waals surface area (Å²) in [6.45, 7) is 0. The second-order valence-corrected chi connectivity index (χ2v) is 11.7. The van der Waals surface area contributed by atoms with Crippen molar-refractivity contribution in [2.24, 2.45) is 4.99 Å². The lowest BCUT2D eigenvalue weighted by molar-refractivity contribution is -0.394. The van der Waals surface area contributed by atoms with Crippen molar-refractivity contribution in [1.82, 2.24) is 4.57 Å². The Morgan fingerprint density at radius 1 is 0.913 bits per heavy atom. The third-order valence-corrected chi connectivity index (χ3v) is 9.05. The predicted molar refractivity (Wildman–Crippen MR) is 172 cm³/mol. The lowest BCUT2D eigenvalue weighted by Crippen LogP contribution is -2.38. The maximum atomic E-state index is 14.1. The van der Waals surface area contributed by atoms with E-state index < -0.39 is 21.2 Å². The highest BCUT2D eigenvalue weighted by atomic mass is 32.1. The molecule has 0 spiro atoms. The van der Waals surface area contributed by atoms with Gasteiger partial charge >= 0.3 is 5.69 Å². The van der Waals surface area contributed by atoms with E-state index in [4.69, 9.17) is 14.5 Å². The summed E-state index contributed by atoms with van der Waals surface area (Å²) in [7, 11) is 1.63. The topological polar surface area (TPSA) is 139 Å². The Hall–Kier alpha value is -5.88. The fraction of sp³-hybridized carbons (Fsp3) is 0.118. The van der Waals surface area contributed by atoms with Gasteiger partial charge in [0.25, 0.3) is 11.2 Å². The third kappa shape index (κ3) is 5.04. The number of nitro groups is 2. The molecule has 2 heterocycles. The van der Waals surface area contributed by atoms with Crippen molar-refractivity contribution < 1.29 is 19.3 Å². The SMILES string of the molecule is COc1ccccc1[C@H]1C2=C(N=c3s/c(=C/c4ccc(Oc5ccc([N+](=O)[O-])cc5[N+](=O)[O-])cc4)c(=O)n31)c1ccccc1CC2. The number of ether oxygens (including phenoxy) is 2. The van der Waals surface area contributed by atoms with Crippen LogP contribution in [0.4, 0.5) is 11.4 Å². The molecule has 1 atom stereocenters. The second-order valence-electron chi connectivity index (χ2n) is 10.7. The number of benzene rings is 4. The Morgan fingerprint density at radius 3 is 2.43 bits per heavy atom. The first-order chi connectivity index (χ1) is 22.3. The van der Waals surface area contributed by atoms with Gasteiger partial charge in [-0.1, -0.05) is 65.9 Å². The first-order valence-electron chi connectivity index (χ1n) is 14.3. The molecule has 46 heavy (non-hydrogen) atoms. The minimum Gasteiger partial charge on any atom is -0.496 e. The summed E-state index contributed by atoms with van der Waals surface area (Å²) in [5.74, 6) is 0.857. The van der Waals surface area contributed by atoms with Crippen molar-refractivity contribution in [1.29, 1.82) is 0 Å². The Balaban J connectivity index is 1.29. The second kappa shape index (κ2) is 11.6. The van der Waals surface area contributed by atoms with Crippen LogP contribution in [0.1, 0.15) is 34.7 Å². The minimum absolute atomic E-state index is 0.126. The average Bonchev–Trinajstić information content (AvgIpc) is 3.38. The summed E-state index contributed by atoms with van der Waals surface area (Å²) in [5, 5.41) is 22.6. The molecule has 4 aromatic carbocycles. The smallest absolute Gasteiger partial charge is 0.318 e. The molecule has 2 aliphatic rings. The zero-order valence-corrected chi connectivity index (χ0v) is 25.1. The van der Waals surface area contributed by atoms with Crippen molar-refractivity contribution in [3.05, 3.63) is 159 Å². The standard InChI is InChI=1S/C34H24N4O7S/c1-44-28-9-5-4-8-25(28)32-26-16-12-21-6-2-3-7-24(21)31(26)35-34-36(32)33(39)30(46-34)18-20-10-14-23(15-11-20)45-29-17-13-22(37(40)41)19-27(29)38(42)43/h2-11,13-15,17-19,32H,12,16H2,1H3/b30-18+/t32-/m0/s1. The largest absolute Gasteiger partial charge is 0.496 e. The van der Waals surface area contributed by atoms with Crippen molar-refractivity contribution >= 4 is 34.5 Å². The number of aromatic nitrogens is 1. The van der Waals surface area contributed by atoms with Crippen molar-refractivity contribution in [3.8, 4) is 17.2 Å². The molecule has 0 saturated heterocycles. The molecule has 0 bridgehead atoms. The number of fused-ring (bicyclic) bond motifs is 3. The fourth-order valence-corrected chi connectivity index (χ4v) is 6.95. The van der Waals surface area contributed by atoms with Crippen LogP contribution in [0.5, 0.6) is 17.2 Å². The van der Waals surface area contributed by atoms with E-state index in [2.05, 4.69) is 12.1 Å². The molecular formula is C34H24N4O7S. The van der Waals surface area contributed by atoms with Gasteiger partial charge in [0.05, 0.1) is 39.3 Å². The molecule has 11 nitrogen and oxygen atoms in total. The number of methoxy groups -OCH3 is 1. The predicted octanol–water partition coefficient (Wildman–Crippen LogP) is 5.94. The molecule has 0 unspecified atom stereocenters. The van der Waals surface area contributed by atoms with Gasteiger partial charge in [0, 0.05) is 17.2 Å². The van der Waals surface area contributed by atoms with Gasteiger partial charge in [0.1, 0.15) is 11.5 Å². The monoisotopic (exact) mass is 632 g/mol. The van der Waals surface area contributed by atoms with Crippen LogP contribution in [0.3, 0.4) is 0 Å². The summed E-state index contributed by atoms with van der Waals surface area (Å²) >= 11 is 1.31. The number of aryl methyl sites for hydroxylation is 1. The highest BCUT2D eigenvalue weighted by Gasteiger charge is 2.34. The Kier molecular flexibility index (Phi) is 7.26. The van der Waals surface area contributed by atoms with Gasteiger partial charge in [-0.15, -0.1) is 0 Å². The summed E-state index contributed by atoms with van der Waals surface area (Å²) in [6.07, 6.45) is 3.38. The van der Waals surface area contributed by atoms with E-state index in [1.807, 2.05) is 36.4 Å². The number of rotatable bonds is 7. The molecule has 5 aromatic rings. The van der Waals surface area contributed by atoms with E-state index in [0.29, 0.717) is 20.6 Å². The van der Waals surface area contributed by atoms with Crippen LogP contribution < -0.4 is 24.4 Å². The lowest BCUT2D eigenvalue weighted by Gasteiger charge is -2.31. The van der Waals surface area contributed by atoms with Crippen LogP contribution >= 0.6 is 11.3 Å². The van der Waals surface area contributed by atoms with Crippen LogP contribution in [-0.2, 0) is 6.42 Å². The number of non-ortho nitro benzene ring substituents is 1. The quantitative estimate of drug-likeness (QED) is 0.160. The lowest BCUT2D eigenvalue weighted by atomic mass is 9.83. The van der Waals surface area contributed by atoms with E-state index >= 15 is 0 Å². The molecular weight excluding hydrogens is 608 g/mol. The number of hydrogen-bond acceptors (Lipinski definition) is 9. The van der Waals surface area contributed by atoms with E-state index in [-0.39, 0.29) is 23.1 Å². The highest BCUT2D eigenvalue weighted by molar-refractivity contribution is 7.07. The molecule has 7 rings (SSSR count). The maximum Gasteiger partial charge on any atom is 0.318 e. The molecule has 1 aliphatic carbocycles. The Morgan fingerprint density at radius 2 is 1.67 bits per heavy atom. The van der Waals surface area contributed by atoms with Crippen molar-refractivity contribution in [2.75, 3.05) is 7.11 Å². The van der Waals surface area contributed by atoms with Gasteiger partial charge in [0.15, 0.2) is 4.80 Å². The van der Waals surface area contributed by atoms with Gasteiger partial charge < -0.3 is 9.47 Å². The number of thiazole rings is 1. The molecule has 0 radical (unpaired) electrons. The average molecular weight is 633 g/mol. The summed E-state index contributed by atoms with van der Waals surface area (Å²) in [4.78, 5) is 40.8. The zero-order chi connectivity index (χ0) is 31.9. The summed E-state index contributed by atoms with van der Waals surface area (Å²) < 4.78 is 13.7. The molecule has 1 aromatic heterocycles. The highest BCUT2D eigenvalue weighted by Crippen LogP contribution is 2.43. The van der Waals surface area contributed by atoms with E-state index in [0.717, 1.165) is 47.4 Å². The van der Waals surface area contributed by atoms with Crippen molar-refractivity contribution in [3.63, 3.8) is 0 Å². The van der Waals surface area contributed by atoms with Crippen LogP contribution in [-0.4, -0.2) is 21.5 Å². The zero-order valence-electron chi connectivity index (χ0n) is 24.3. The van der Waals surface area contributed by atoms with Crippen LogP contribution in [0.15, 0.2) is 106 Å². The molecule has 228 valence electrons. The van der Waals surface area contributed by atoms with Crippen LogP contribution in [0, 0.1) is 20.2 Å². The first-order valence-corrected chi connectivity index (χ1v) is 15.1. The maximum absolute atomic E-state index is 14.1. The number of nitro benzene ring substituents is 2. The number of para-hydroxylation sites is 1. The molecule has 0 N–H and O–H groups in total. The molecule has 12 heteroatoms. The third-order valence-electron chi connectivity index (χ3n) is 8.06. The van der Waals surface area contributed by atoms with E-state index in [1.54, 1.807) is 42.0 Å². The molecule has 0 saturated carbocycles. The van der Waals surface area contributed by atoms with Gasteiger partial charge in [0.2, 0.25) is 5.75 Å². The molecule has 0 fully saturated rings. The summed E-state index contributed by atoms with van der Waals surface area (Å²) in [6, 6.07) is 25.5. The first kappa shape index (κ1) is 28.9. The van der Waals surface area contributed by atoms with E-state index in [1.165, 1.54) is 23.0 Å². The Bertz CT molecular complexity index is 2270. The summed E-state index contributed by atoms with van der Waals surface area (Å²) in [5.41, 5.74) is 4.76. The number of nitrogens with zero attached hydrogens (tertiary/aromatic N) is 4. The van der Waals surface area contributed by atoms with Gasteiger partial charge in [-0.2, -0.15) is 0 Å². The minimum atomic E-state index is -0.731. The van der Waals surface area contributed by atoms with Gasteiger partial charge in [-0.25, -0.2) is 4.99 Å². The Labute approximate surface area is 264 Å². The van der Waals surface area contributed by atoms with Crippen LogP contribution in [0.25, 0.3) is 11.8 Å². The van der Waals surface area contributed by atoms with Crippen LogP contribution in [0.2, 0.25) is 0 Å². The normalized spacial score (nSPS) is 15.3. The number of hydrogen-bond donors (Lipinski definition) is 0. The fourth-order valence-electron chi connectivity index (χ4n) is 5.95. The van der Waals surface area contributed by atoms with Gasteiger partial charge in [-0.05, 0) is 59.9 Å². The van der Waals surface area contributed by atoms with Crippen molar-refractivity contribution in [2.45, 2.75) is 18.9 Å². The van der Waals surface area contributed by atoms with E-state index in [9.17, 15) is 25.0 Å².